The molecule has 0 aliphatic rings. The van der Waals surface area contributed by atoms with E-state index in [0.29, 0.717) is 6.42 Å². The summed E-state index contributed by atoms with van der Waals surface area (Å²) in [4.78, 5) is 8.22. The molecule has 4 rings (SSSR count). The van der Waals surface area contributed by atoms with Crippen LogP contribution in [0.1, 0.15) is 10.6 Å². The van der Waals surface area contributed by atoms with Gasteiger partial charge in [0.25, 0.3) is 0 Å². The highest BCUT2D eigenvalue weighted by molar-refractivity contribution is 7.18. The van der Waals surface area contributed by atoms with Gasteiger partial charge in [0, 0.05) is 10.4 Å². The molecule has 0 N–H and O–H groups in total. The number of nitrogens with zero attached hydrogens (tertiary/aromatic N) is 3. The normalized spacial score (nSPS) is 11.0. The number of imidazole rings is 1. The Balaban J connectivity index is 2.04. The van der Waals surface area contributed by atoms with Crippen LogP contribution in [0.3, 0.4) is 0 Å². The maximum Gasteiger partial charge on any atom is 0.195 e. The highest BCUT2D eigenvalue weighted by Crippen LogP contribution is 2.37. The first-order chi connectivity index (χ1) is 11.3. The first-order valence-electron chi connectivity index (χ1n) is 7.26. The van der Waals surface area contributed by atoms with Crippen LogP contribution >= 0.6 is 22.7 Å². The minimum absolute atomic E-state index is 0.347. The number of aryl methyl sites for hydroxylation is 1. The molecule has 0 fully saturated rings. The molecule has 0 aliphatic heterocycles. The molecule has 0 radical (unpaired) electrons. The van der Waals surface area contributed by atoms with E-state index in [1.54, 1.807) is 22.7 Å². The van der Waals surface area contributed by atoms with Gasteiger partial charge >= 0.3 is 0 Å². The van der Waals surface area contributed by atoms with Gasteiger partial charge in [-0.3, -0.25) is 4.40 Å². The second-order valence-electron chi connectivity index (χ2n) is 5.21. The molecule has 3 aromatic heterocycles. The van der Waals surface area contributed by atoms with Crippen LogP contribution < -0.4 is 0 Å². The van der Waals surface area contributed by atoms with Crippen molar-refractivity contribution >= 4 is 27.6 Å². The molecule has 3 nitrogen and oxygen atoms in total. The fourth-order valence-corrected chi connectivity index (χ4v) is 4.72. The summed E-state index contributed by atoms with van der Waals surface area (Å²) in [6.07, 6.45) is 0.347. The number of aromatic nitrogens is 2. The Morgan fingerprint density at radius 3 is 2.70 bits per heavy atom. The van der Waals surface area contributed by atoms with E-state index >= 15 is 0 Å². The summed E-state index contributed by atoms with van der Waals surface area (Å²) in [6, 6.07) is 16.6. The van der Waals surface area contributed by atoms with Crippen LogP contribution in [-0.4, -0.2) is 9.38 Å². The fourth-order valence-electron chi connectivity index (χ4n) is 2.84. The Morgan fingerprint density at radius 1 is 1.17 bits per heavy atom. The zero-order valence-corrected chi connectivity index (χ0v) is 14.1. The number of thiophene rings is 1. The lowest BCUT2D eigenvalue weighted by Crippen LogP contribution is -1.95. The molecular weight excluding hydrogens is 322 g/mol. The number of hydrogen-bond acceptors (Lipinski definition) is 4. The number of fused-ring (bicyclic) bond motifs is 1. The number of hydrogen-bond donors (Lipinski definition) is 0. The van der Waals surface area contributed by atoms with Crippen LogP contribution in [0, 0.1) is 18.3 Å². The maximum absolute atomic E-state index is 9.31. The molecule has 4 aromatic rings. The standard InChI is InChI=1S/C18H13N3S2/c1-12-17(15-8-5-11-22-15)21-14(9-10-19)16(20-18(21)23-12)13-6-3-2-4-7-13/h2-8,11H,9H2,1H3. The van der Waals surface area contributed by atoms with Crippen LogP contribution in [0.5, 0.6) is 0 Å². The molecule has 0 saturated carbocycles. The van der Waals surface area contributed by atoms with Crippen molar-refractivity contribution in [3.63, 3.8) is 0 Å². The van der Waals surface area contributed by atoms with E-state index in [9.17, 15) is 5.26 Å². The van der Waals surface area contributed by atoms with Crippen molar-refractivity contribution in [3.05, 3.63) is 58.4 Å². The van der Waals surface area contributed by atoms with Crippen molar-refractivity contribution in [2.75, 3.05) is 0 Å². The van der Waals surface area contributed by atoms with E-state index in [4.69, 9.17) is 4.98 Å². The van der Waals surface area contributed by atoms with E-state index in [1.807, 2.05) is 30.3 Å². The second kappa shape index (κ2) is 5.65. The Morgan fingerprint density at radius 2 is 2.00 bits per heavy atom. The minimum Gasteiger partial charge on any atom is -0.284 e. The highest BCUT2D eigenvalue weighted by atomic mass is 32.1. The Bertz CT molecular complexity index is 1000. The van der Waals surface area contributed by atoms with Crippen molar-refractivity contribution in [3.8, 4) is 27.9 Å². The van der Waals surface area contributed by atoms with Gasteiger partial charge in [0.05, 0.1) is 34.4 Å². The topological polar surface area (TPSA) is 41.1 Å². The van der Waals surface area contributed by atoms with Crippen molar-refractivity contribution in [1.29, 1.82) is 5.26 Å². The Kier molecular flexibility index (Phi) is 3.49. The van der Waals surface area contributed by atoms with Crippen molar-refractivity contribution < 1.29 is 0 Å². The van der Waals surface area contributed by atoms with Gasteiger partial charge in [-0.2, -0.15) is 5.26 Å². The van der Waals surface area contributed by atoms with Crippen LogP contribution in [0.2, 0.25) is 0 Å². The SMILES string of the molecule is Cc1sc2nc(-c3ccccc3)c(CC#N)n2c1-c1cccs1. The summed E-state index contributed by atoms with van der Waals surface area (Å²) in [5.74, 6) is 0. The molecule has 0 spiro atoms. The van der Waals surface area contributed by atoms with E-state index in [0.717, 1.165) is 21.9 Å². The lowest BCUT2D eigenvalue weighted by Gasteiger charge is -2.04. The number of nitriles is 1. The minimum atomic E-state index is 0.347. The monoisotopic (exact) mass is 335 g/mol. The van der Waals surface area contributed by atoms with Gasteiger partial charge in [-0.1, -0.05) is 36.4 Å². The summed E-state index contributed by atoms with van der Waals surface area (Å²) < 4.78 is 2.16. The molecule has 0 atom stereocenters. The van der Waals surface area contributed by atoms with Gasteiger partial charge in [0.1, 0.15) is 0 Å². The molecule has 5 heteroatoms. The lowest BCUT2D eigenvalue weighted by atomic mass is 10.1. The average Bonchev–Trinajstić information content (AvgIpc) is 3.25. The van der Waals surface area contributed by atoms with E-state index in [1.165, 1.54) is 15.4 Å². The molecule has 112 valence electrons. The van der Waals surface area contributed by atoms with Crippen LogP contribution in [-0.2, 0) is 6.42 Å². The van der Waals surface area contributed by atoms with Gasteiger partial charge in [0.15, 0.2) is 4.96 Å². The molecule has 23 heavy (non-hydrogen) atoms. The predicted octanol–water partition coefficient (Wildman–Crippen LogP) is 5.17. The molecule has 0 saturated heterocycles. The summed E-state index contributed by atoms with van der Waals surface area (Å²) in [7, 11) is 0. The molecule has 3 heterocycles. The number of thiazole rings is 1. The van der Waals surface area contributed by atoms with E-state index in [2.05, 4.69) is 34.9 Å². The molecule has 0 bridgehead atoms. The van der Waals surface area contributed by atoms with Crippen molar-refractivity contribution in [2.24, 2.45) is 0 Å². The molecule has 1 aromatic carbocycles. The van der Waals surface area contributed by atoms with Gasteiger partial charge in [-0.25, -0.2) is 4.98 Å². The predicted molar refractivity (Wildman–Crippen MR) is 95.9 cm³/mol. The summed E-state index contributed by atoms with van der Waals surface area (Å²) in [6.45, 7) is 2.12. The third kappa shape index (κ3) is 2.27. The van der Waals surface area contributed by atoms with Crippen LogP contribution in [0.25, 0.3) is 26.8 Å². The zero-order chi connectivity index (χ0) is 15.8. The Labute approximate surface area is 142 Å². The van der Waals surface area contributed by atoms with Crippen molar-refractivity contribution in [2.45, 2.75) is 13.3 Å². The molecular formula is C18H13N3S2. The second-order valence-corrected chi connectivity index (χ2v) is 7.34. The zero-order valence-electron chi connectivity index (χ0n) is 12.5. The number of rotatable bonds is 3. The lowest BCUT2D eigenvalue weighted by molar-refractivity contribution is 1.08. The van der Waals surface area contributed by atoms with E-state index < -0.39 is 0 Å². The van der Waals surface area contributed by atoms with Crippen LogP contribution in [0.15, 0.2) is 47.8 Å². The first-order valence-corrected chi connectivity index (χ1v) is 8.96. The van der Waals surface area contributed by atoms with Gasteiger partial charge < -0.3 is 0 Å². The third-order valence-corrected chi connectivity index (χ3v) is 5.62. The van der Waals surface area contributed by atoms with Crippen LogP contribution in [0.4, 0.5) is 0 Å². The molecule has 0 amide bonds. The highest BCUT2D eigenvalue weighted by Gasteiger charge is 2.21. The Hall–Kier alpha value is -2.42. The smallest absolute Gasteiger partial charge is 0.195 e. The quantitative estimate of drug-likeness (QED) is 0.518. The summed E-state index contributed by atoms with van der Waals surface area (Å²) >= 11 is 3.40. The van der Waals surface area contributed by atoms with E-state index in [-0.39, 0.29) is 0 Å². The first kappa shape index (κ1) is 14.2. The average molecular weight is 335 g/mol. The number of benzene rings is 1. The largest absolute Gasteiger partial charge is 0.284 e. The summed E-state index contributed by atoms with van der Waals surface area (Å²) in [5, 5.41) is 11.4. The summed E-state index contributed by atoms with van der Waals surface area (Å²) in [5.41, 5.74) is 4.11. The third-order valence-electron chi connectivity index (χ3n) is 3.79. The van der Waals surface area contributed by atoms with Gasteiger partial charge in [-0.15, -0.1) is 22.7 Å². The molecule has 0 unspecified atom stereocenters. The fraction of sp³-hybridized carbons (Fsp3) is 0.111. The maximum atomic E-state index is 9.31. The molecule has 0 aliphatic carbocycles. The van der Waals surface area contributed by atoms with Gasteiger partial charge in [-0.05, 0) is 18.4 Å². The van der Waals surface area contributed by atoms with Gasteiger partial charge in [0.2, 0.25) is 0 Å². The van der Waals surface area contributed by atoms with Crippen molar-refractivity contribution in [1.82, 2.24) is 9.38 Å².